The van der Waals surface area contributed by atoms with Crippen molar-refractivity contribution in [1.82, 2.24) is 15.5 Å². The summed E-state index contributed by atoms with van der Waals surface area (Å²) in [4.78, 5) is 56.1. The summed E-state index contributed by atoms with van der Waals surface area (Å²) in [5, 5.41) is 11.3. The third-order valence-electron chi connectivity index (χ3n) is 6.54. The van der Waals surface area contributed by atoms with Gasteiger partial charge in [-0.05, 0) is 84.0 Å². The van der Waals surface area contributed by atoms with Crippen LogP contribution >= 0.6 is 0 Å². The van der Waals surface area contributed by atoms with Gasteiger partial charge < -0.3 is 19.5 Å². The minimum atomic E-state index is -1.40. The van der Waals surface area contributed by atoms with Crippen LogP contribution in [0.2, 0.25) is 0 Å². The van der Waals surface area contributed by atoms with Gasteiger partial charge in [0.1, 0.15) is 36.3 Å². The van der Waals surface area contributed by atoms with E-state index < -0.39 is 41.2 Å². The number of alkyl carbamates (subject to hydrolysis) is 1. The molecule has 1 aliphatic heterocycles. The molecule has 0 saturated heterocycles. The zero-order valence-electron chi connectivity index (χ0n) is 27.8. The number of hydrogen-bond acceptors (Lipinski definition) is 10. The van der Waals surface area contributed by atoms with E-state index in [2.05, 4.69) is 15.7 Å². The lowest BCUT2D eigenvalue weighted by Crippen LogP contribution is -2.43. The smallest absolute Gasteiger partial charge is 0.407 e. The van der Waals surface area contributed by atoms with Crippen LogP contribution < -0.4 is 20.1 Å². The molecule has 0 radical (unpaired) electrons. The molecular weight excluding hydrogens is 606 g/mol. The molecule has 1 atom stereocenters. The Kier molecular flexibility index (Phi) is 10.8. The Labute approximate surface area is 274 Å². The number of aryl methyl sites for hydroxylation is 1. The molecule has 3 amide bonds. The van der Waals surface area contributed by atoms with Crippen molar-refractivity contribution in [1.29, 1.82) is 0 Å². The maximum atomic E-state index is 13.0. The summed E-state index contributed by atoms with van der Waals surface area (Å²) in [5.41, 5.74) is 0.549. The van der Waals surface area contributed by atoms with E-state index in [9.17, 15) is 19.2 Å². The molecule has 0 saturated carbocycles. The van der Waals surface area contributed by atoms with Crippen molar-refractivity contribution in [2.75, 3.05) is 25.0 Å². The van der Waals surface area contributed by atoms with Crippen LogP contribution in [0.4, 0.5) is 10.6 Å². The zero-order chi connectivity index (χ0) is 34.4. The second kappa shape index (κ2) is 14.6. The average molecular weight is 649 g/mol. The van der Waals surface area contributed by atoms with Crippen molar-refractivity contribution in [3.05, 3.63) is 71.8 Å². The van der Waals surface area contributed by atoms with Gasteiger partial charge in [0, 0.05) is 24.6 Å². The Morgan fingerprint density at radius 2 is 1.47 bits per heavy atom. The lowest BCUT2D eigenvalue weighted by Gasteiger charge is -2.26. The number of carbonyl (C=O) groups is 4. The number of fused-ring (bicyclic) bond motifs is 1. The Bertz CT molecular complexity index is 1580. The van der Waals surface area contributed by atoms with E-state index in [1.807, 2.05) is 52.1 Å². The number of rotatable bonds is 12. The first-order valence-electron chi connectivity index (χ1n) is 15.3. The van der Waals surface area contributed by atoms with Gasteiger partial charge in [0.15, 0.2) is 0 Å². The molecule has 0 fully saturated rings. The van der Waals surface area contributed by atoms with E-state index in [1.165, 1.54) is 12.1 Å². The van der Waals surface area contributed by atoms with Gasteiger partial charge in [0.25, 0.3) is 17.6 Å². The molecule has 250 valence electrons. The van der Waals surface area contributed by atoms with Crippen LogP contribution in [-0.2, 0) is 26.2 Å². The predicted octanol–water partition coefficient (Wildman–Crippen LogP) is 4.22. The number of aromatic nitrogens is 2. The first-order valence-corrected chi connectivity index (χ1v) is 15.3. The fourth-order valence-electron chi connectivity index (χ4n) is 4.44. The number of carbonyl (C=O) groups excluding carboxylic acids is 4. The lowest BCUT2D eigenvalue weighted by atomic mass is 10.1. The van der Waals surface area contributed by atoms with Crippen LogP contribution in [0.5, 0.6) is 5.75 Å². The molecule has 2 N–H and O–H groups in total. The fraction of sp³-hybridized carbons (Fsp3) is 0.412. The molecule has 47 heavy (non-hydrogen) atoms. The quantitative estimate of drug-likeness (QED) is 0.127. The van der Waals surface area contributed by atoms with Crippen LogP contribution in [0.3, 0.4) is 0 Å². The highest BCUT2D eigenvalue weighted by atomic mass is 16.7. The third-order valence-corrected chi connectivity index (χ3v) is 6.54. The van der Waals surface area contributed by atoms with E-state index in [-0.39, 0.29) is 17.7 Å². The molecule has 1 aliphatic rings. The number of hydroxylamine groups is 2. The molecule has 3 aromatic rings. The van der Waals surface area contributed by atoms with E-state index in [0.717, 1.165) is 17.1 Å². The molecule has 1 unspecified atom stereocenters. The monoisotopic (exact) mass is 648 g/mol. The Morgan fingerprint density at radius 1 is 0.851 bits per heavy atom. The second-order valence-corrected chi connectivity index (χ2v) is 12.8. The number of nitrogens with zero attached hydrogens (tertiary/aromatic N) is 3. The summed E-state index contributed by atoms with van der Waals surface area (Å²) in [6.07, 6.45) is -1.14. The van der Waals surface area contributed by atoms with Crippen LogP contribution in [0, 0.1) is 0 Å². The Morgan fingerprint density at radius 3 is 2.04 bits per heavy atom. The number of hydrogen-bond donors (Lipinski definition) is 2. The van der Waals surface area contributed by atoms with Gasteiger partial charge in [-0.1, -0.05) is 17.2 Å². The van der Waals surface area contributed by atoms with Gasteiger partial charge in [0.2, 0.25) is 6.10 Å². The number of anilines is 1. The van der Waals surface area contributed by atoms with Crippen molar-refractivity contribution in [3.63, 3.8) is 0 Å². The van der Waals surface area contributed by atoms with E-state index >= 15 is 0 Å². The van der Waals surface area contributed by atoms with Crippen molar-refractivity contribution < 1.29 is 42.9 Å². The highest BCUT2D eigenvalue weighted by Gasteiger charge is 2.40. The van der Waals surface area contributed by atoms with Crippen LogP contribution in [0.1, 0.15) is 68.7 Å². The number of benzene rings is 2. The van der Waals surface area contributed by atoms with Crippen molar-refractivity contribution in [2.24, 2.45) is 7.05 Å². The maximum absolute atomic E-state index is 13.0. The number of esters is 1. The predicted molar refractivity (Wildman–Crippen MR) is 171 cm³/mol. The second-order valence-electron chi connectivity index (χ2n) is 12.8. The fourth-order valence-corrected chi connectivity index (χ4v) is 4.44. The topological polar surface area (TPSA) is 149 Å². The molecule has 0 aliphatic carbocycles. The van der Waals surface area contributed by atoms with Gasteiger partial charge in [-0.3, -0.25) is 14.9 Å². The van der Waals surface area contributed by atoms with E-state index in [0.29, 0.717) is 30.3 Å². The molecule has 2 aromatic carbocycles. The SMILES string of the molecule is C[n+]1nc(-c2ccc(OCC(ON3C(=O)c4ccccc4C3=O)C(=O)OC(C)(C)C)cc2)ccc1NCCCNC(=O)OC(C)(C)C. The summed E-state index contributed by atoms with van der Waals surface area (Å²) >= 11 is 0. The third kappa shape index (κ3) is 9.72. The van der Waals surface area contributed by atoms with Gasteiger partial charge >= 0.3 is 12.1 Å². The molecule has 1 aromatic heterocycles. The minimum Gasteiger partial charge on any atom is -0.490 e. The Hall–Kier alpha value is -5.04. The number of imide groups is 1. The molecule has 13 heteroatoms. The van der Waals surface area contributed by atoms with Gasteiger partial charge in [0.05, 0.1) is 17.7 Å². The molecule has 0 spiro atoms. The van der Waals surface area contributed by atoms with Crippen molar-refractivity contribution >= 4 is 29.7 Å². The molecular formula is C34H42N5O8+. The number of ether oxygens (including phenoxy) is 3. The van der Waals surface area contributed by atoms with E-state index in [4.69, 9.17) is 19.0 Å². The first kappa shape index (κ1) is 34.8. The number of nitrogens with one attached hydrogen (secondary N) is 2. The average Bonchev–Trinajstić information content (AvgIpc) is 3.23. The summed E-state index contributed by atoms with van der Waals surface area (Å²) in [5.74, 6) is -0.885. The molecule has 2 heterocycles. The van der Waals surface area contributed by atoms with Gasteiger partial charge in [-0.15, -0.1) is 9.75 Å². The first-order chi connectivity index (χ1) is 22.1. The van der Waals surface area contributed by atoms with Crippen LogP contribution in [-0.4, -0.2) is 71.0 Å². The summed E-state index contributed by atoms with van der Waals surface area (Å²) in [6, 6.07) is 17.2. The normalized spacial score (nSPS) is 13.6. The minimum absolute atomic E-state index is 0.190. The largest absolute Gasteiger partial charge is 0.490 e. The lowest BCUT2D eigenvalue weighted by molar-refractivity contribution is -0.716. The standard InChI is InChI=1S/C34H41N5O8/c1-33(2,3)45-31(42)27(47-39-29(40)24-11-8-9-12-25(24)30(39)41)21-44-23-15-13-22(14-16-23)26-17-18-28(38(7)37-26)35-19-10-20-36-32(43)46-34(4,5)6/h8-9,11-18,27H,10,19-21H2,1-7H3,(H,36,43)/p+1. The number of amides is 3. The maximum Gasteiger partial charge on any atom is 0.407 e. The molecule has 0 bridgehead atoms. The Balaban J connectivity index is 1.34. The van der Waals surface area contributed by atoms with E-state index in [1.54, 1.807) is 49.7 Å². The van der Waals surface area contributed by atoms with Crippen molar-refractivity contribution in [3.8, 4) is 17.0 Å². The van der Waals surface area contributed by atoms with Crippen LogP contribution in [0.15, 0.2) is 60.7 Å². The summed E-state index contributed by atoms with van der Waals surface area (Å²) in [7, 11) is 1.83. The van der Waals surface area contributed by atoms with Crippen molar-refractivity contribution in [2.45, 2.75) is 65.3 Å². The highest BCUT2D eigenvalue weighted by molar-refractivity contribution is 6.20. The molecule has 4 rings (SSSR count). The van der Waals surface area contributed by atoms with Crippen LogP contribution in [0.25, 0.3) is 11.3 Å². The van der Waals surface area contributed by atoms with Gasteiger partial charge in [-0.2, -0.15) is 0 Å². The summed E-state index contributed by atoms with van der Waals surface area (Å²) < 4.78 is 18.3. The zero-order valence-corrected chi connectivity index (χ0v) is 27.8. The van der Waals surface area contributed by atoms with Gasteiger partial charge in [-0.25, -0.2) is 14.4 Å². The highest BCUT2D eigenvalue weighted by Crippen LogP contribution is 2.25. The molecule has 13 nitrogen and oxygen atoms in total. The summed E-state index contributed by atoms with van der Waals surface area (Å²) in [6.45, 7) is 11.3.